The standard InChI is InChI=1S/C17H22FN5O2/c1-12-10-16(21-25-12)20-17(24)19-13-4-5-15(14(18)11-13)23-7-3-6-22(2)8-9-23/h4-5,10-11H,3,6-9H2,1-2H3,(H2,19,20,21,24). The molecule has 0 saturated carbocycles. The van der Waals surface area contributed by atoms with Crippen molar-refractivity contribution in [1.82, 2.24) is 10.1 Å². The van der Waals surface area contributed by atoms with Gasteiger partial charge in [-0.3, -0.25) is 5.32 Å². The molecule has 8 heteroatoms. The number of nitrogens with zero attached hydrogens (tertiary/aromatic N) is 3. The van der Waals surface area contributed by atoms with Gasteiger partial charge in [0, 0.05) is 31.4 Å². The van der Waals surface area contributed by atoms with Crippen LogP contribution < -0.4 is 15.5 Å². The Labute approximate surface area is 145 Å². The number of rotatable bonds is 3. The van der Waals surface area contributed by atoms with Crippen LogP contribution >= 0.6 is 0 Å². The molecule has 2 heterocycles. The number of amides is 2. The molecule has 0 spiro atoms. The number of aromatic nitrogens is 1. The van der Waals surface area contributed by atoms with Crippen molar-refractivity contribution in [2.45, 2.75) is 13.3 Å². The minimum Gasteiger partial charge on any atom is -0.368 e. The minimum absolute atomic E-state index is 0.306. The van der Waals surface area contributed by atoms with Crippen LogP contribution in [0.15, 0.2) is 28.8 Å². The zero-order valence-electron chi connectivity index (χ0n) is 14.4. The SMILES string of the molecule is Cc1cc(NC(=O)Nc2ccc(N3CCCN(C)CC3)c(F)c2)no1. The number of urea groups is 1. The molecule has 0 atom stereocenters. The van der Waals surface area contributed by atoms with Gasteiger partial charge in [0.15, 0.2) is 5.82 Å². The topological polar surface area (TPSA) is 73.6 Å². The number of halogens is 1. The van der Waals surface area contributed by atoms with Gasteiger partial charge >= 0.3 is 6.03 Å². The van der Waals surface area contributed by atoms with E-state index in [1.165, 1.54) is 6.07 Å². The van der Waals surface area contributed by atoms with E-state index in [9.17, 15) is 9.18 Å². The van der Waals surface area contributed by atoms with Gasteiger partial charge in [0.25, 0.3) is 0 Å². The summed E-state index contributed by atoms with van der Waals surface area (Å²) in [7, 11) is 2.07. The van der Waals surface area contributed by atoms with Gasteiger partial charge in [0.2, 0.25) is 0 Å². The van der Waals surface area contributed by atoms with Crippen LogP contribution in [-0.4, -0.2) is 49.3 Å². The quantitative estimate of drug-likeness (QED) is 0.893. The lowest BCUT2D eigenvalue weighted by molar-refractivity contribution is 0.262. The summed E-state index contributed by atoms with van der Waals surface area (Å²) in [6.45, 7) is 5.25. The van der Waals surface area contributed by atoms with E-state index in [0.29, 0.717) is 23.0 Å². The number of carbonyl (C=O) groups is 1. The molecule has 2 amide bonds. The minimum atomic E-state index is -0.503. The number of nitrogens with one attached hydrogen (secondary N) is 2. The molecule has 0 aliphatic carbocycles. The molecule has 1 aromatic carbocycles. The van der Waals surface area contributed by atoms with E-state index >= 15 is 0 Å². The fourth-order valence-corrected chi connectivity index (χ4v) is 2.83. The van der Waals surface area contributed by atoms with Gasteiger partial charge in [-0.15, -0.1) is 0 Å². The van der Waals surface area contributed by atoms with Gasteiger partial charge in [0.1, 0.15) is 11.6 Å². The number of carbonyl (C=O) groups excluding carboxylic acids is 1. The van der Waals surface area contributed by atoms with E-state index in [-0.39, 0.29) is 5.82 Å². The van der Waals surface area contributed by atoms with Gasteiger partial charge in [-0.25, -0.2) is 9.18 Å². The first-order chi connectivity index (χ1) is 12.0. The maximum absolute atomic E-state index is 14.5. The molecule has 1 aromatic heterocycles. The third-order valence-electron chi connectivity index (χ3n) is 4.14. The van der Waals surface area contributed by atoms with Crippen molar-refractivity contribution < 1.29 is 13.7 Å². The summed E-state index contributed by atoms with van der Waals surface area (Å²) in [5.74, 6) is 0.550. The van der Waals surface area contributed by atoms with Crippen LogP contribution in [0.2, 0.25) is 0 Å². The lowest BCUT2D eigenvalue weighted by Crippen LogP contribution is -2.29. The molecule has 7 nitrogen and oxygen atoms in total. The molecule has 2 N–H and O–H groups in total. The Morgan fingerprint density at radius 3 is 2.76 bits per heavy atom. The summed E-state index contributed by atoms with van der Waals surface area (Å²) < 4.78 is 19.4. The number of hydrogen-bond donors (Lipinski definition) is 2. The highest BCUT2D eigenvalue weighted by Gasteiger charge is 2.16. The smallest absolute Gasteiger partial charge is 0.324 e. The van der Waals surface area contributed by atoms with Gasteiger partial charge in [0.05, 0.1) is 5.69 Å². The maximum Gasteiger partial charge on any atom is 0.324 e. The lowest BCUT2D eigenvalue weighted by atomic mass is 10.2. The van der Waals surface area contributed by atoms with E-state index in [0.717, 1.165) is 32.6 Å². The number of likely N-dealkylation sites (N-methyl/N-ethyl adjacent to an activating group) is 1. The third-order valence-corrected chi connectivity index (χ3v) is 4.14. The summed E-state index contributed by atoms with van der Waals surface area (Å²) in [6, 6.07) is 5.82. The number of benzene rings is 1. The molecule has 0 radical (unpaired) electrons. The Morgan fingerprint density at radius 2 is 2.04 bits per heavy atom. The van der Waals surface area contributed by atoms with E-state index in [2.05, 4.69) is 27.7 Å². The molecular formula is C17H22FN5O2. The number of hydrogen-bond acceptors (Lipinski definition) is 5. The Balaban J connectivity index is 1.64. The van der Waals surface area contributed by atoms with Gasteiger partial charge < -0.3 is 19.6 Å². The molecular weight excluding hydrogens is 325 g/mol. The zero-order chi connectivity index (χ0) is 17.8. The van der Waals surface area contributed by atoms with Gasteiger partial charge in [-0.1, -0.05) is 5.16 Å². The molecule has 3 rings (SSSR count). The third kappa shape index (κ3) is 4.48. The van der Waals surface area contributed by atoms with Crippen LogP contribution in [0.1, 0.15) is 12.2 Å². The van der Waals surface area contributed by atoms with E-state index in [1.807, 2.05) is 4.90 Å². The highest BCUT2D eigenvalue weighted by atomic mass is 19.1. The first-order valence-electron chi connectivity index (χ1n) is 8.25. The molecule has 25 heavy (non-hydrogen) atoms. The monoisotopic (exact) mass is 347 g/mol. The van der Waals surface area contributed by atoms with Crippen molar-refractivity contribution >= 4 is 23.2 Å². The van der Waals surface area contributed by atoms with Crippen LogP contribution in [0.4, 0.5) is 26.4 Å². The highest BCUT2D eigenvalue weighted by Crippen LogP contribution is 2.24. The molecule has 2 aromatic rings. The van der Waals surface area contributed by atoms with E-state index in [1.54, 1.807) is 25.1 Å². The average Bonchev–Trinajstić information content (AvgIpc) is 2.83. The van der Waals surface area contributed by atoms with E-state index in [4.69, 9.17) is 4.52 Å². The van der Waals surface area contributed by atoms with Crippen molar-refractivity contribution in [1.29, 1.82) is 0 Å². The average molecular weight is 347 g/mol. The predicted molar refractivity (Wildman–Crippen MR) is 94.6 cm³/mol. The van der Waals surface area contributed by atoms with Crippen molar-refractivity contribution in [3.63, 3.8) is 0 Å². The summed E-state index contributed by atoms with van der Waals surface area (Å²) in [5.41, 5.74) is 0.944. The second-order valence-corrected chi connectivity index (χ2v) is 6.21. The number of anilines is 3. The first-order valence-corrected chi connectivity index (χ1v) is 8.25. The molecule has 0 bridgehead atoms. The fraction of sp³-hybridized carbons (Fsp3) is 0.412. The second-order valence-electron chi connectivity index (χ2n) is 6.21. The van der Waals surface area contributed by atoms with Crippen molar-refractivity contribution in [3.8, 4) is 0 Å². The maximum atomic E-state index is 14.5. The van der Waals surface area contributed by atoms with Crippen LogP contribution in [0.3, 0.4) is 0 Å². The van der Waals surface area contributed by atoms with Crippen LogP contribution in [0.25, 0.3) is 0 Å². The fourth-order valence-electron chi connectivity index (χ4n) is 2.83. The molecule has 1 aliphatic rings. The lowest BCUT2D eigenvalue weighted by Gasteiger charge is -2.23. The largest absolute Gasteiger partial charge is 0.368 e. The molecule has 134 valence electrons. The van der Waals surface area contributed by atoms with Gasteiger partial charge in [-0.05, 0) is 45.1 Å². The Kier molecular flexibility index (Phi) is 5.18. The molecule has 1 fully saturated rings. The molecule has 1 saturated heterocycles. The number of aryl methyl sites for hydroxylation is 1. The predicted octanol–water partition coefficient (Wildman–Crippen LogP) is 2.91. The molecule has 1 aliphatic heterocycles. The van der Waals surface area contributed by atoms with Crippen LogP contribution in [-0.2, 0) is 0 Å². The van der Waals surface area contributed by atoms with Crippen LogP contribution in [0, 0.1) is 12.7 Å². The Hall–Kier alpha value is -2.61. The van der Waals surface area contributed by atoms with E-state index < -0.39 is 6.03 Å². The second kappa shape index (κ2) is 7.52. The normalized spacial score (nSPS) is 15.7. The van der Waals surface area contributed by atoms with Crippen molar-refractivity contribution in [3.05, 3.63) is 35.8 Å². The Morgan fingerprint density at radius 1 is 1.20 bits per heavy atom. The first kappa shape index (κ1) is 17.2. The van der Waals surface area contributed by atoms with Gasteiger partial charge in [-0.2, -0.15) is 0 Å². The summed E-state index contributed by atoms with van der Waals surface area (Å²) in [5, 5.41) is 8.79. The zero-order valence-corrected chi connectivity index (χ0v) is 14.4. The highest BCUT2D eigenvalue weighted by molar-refractivity contribution is 5.99. The van der Waals surface area contributed by atoms with Crippen LogP contribution in [0.5, 0.6) is 0 Å². The summed E-state index contributed by atoms with van der Waals surface area (Å²) in [6.07, 6.45) is 0.996. The Bertz CT molecular complexity index is 748. The molecule has 0 unspecified atom stereocenters. The van der Waals surface area contributed by atoms with Crippen molar-refractivity contribution in [2.75, 3.05) is 48.8 Å². The van der Waals surface area contributed by atoms with Crippen molar-refractivity contribution in [2.24, 2.45) is 0 Å². The summed E-state index contributed by atoms with van der Waals surface area (Å²) >= 11 is 0. The summed E-state index contributed by atoms with van der Waals surface area (Å²) in [4.78, 5) is 16.2.